The Morgan fingerprint density at radius 1 is 1.50 bits per heavy atom. The Kier molecular flexibility index (Phi) is 4.60. The zero-order valence-corrected chi connectivity index (χ0v) is 11.7. The molecule has 1 atom stereocenters. The third kappa shape index (κ3) is 3.02. The minimum atomic E-state index is -0.168. The Bertz CT molecular complexity index is 423. The van der Waals surface area contributed by atoms with E-state index >= 15 is 0 Å². The quantitative estimate of drug-likeness (QED) is 0.905. The van der Waals surface area contributed by atoms with Crippen molar-refractivity contribution in [3.05, 3.63) is 34.1 Å². The van der Waals surface area contributed by atoms with E-state index in [2.05, 4.69) is 10.2 Å². The van der Waals surface area contributed by atoms with E-state index in [0.29, 0.717) is 16.6 Å². The molecule has 2 rings (SSSR count). The molecule has 0 aliphatic carbocycles. The molecule has 1 fully saturated rings. The van der Waals surface area contributed by atoms with E-state index in [1.165, 1.54) is 12.8 Å². The van der Waals surface area contributed by atoms with Crippen molar-refractivity contribution in [3.63, 3.8) is 0 Å². The fourth-order valence-corrected chi connectivity index (χ4v) is 2.88. The molecular formula is C14H20ClFN2. The van der Waals surface area contributed by atoms with Crippen LogP contribution in [0.5, 0.6) is 0 Å². The summed E-state index contributed by atoms with van der Waals surface area (Å²) in [5.74, 6) is -0.168. The number of likely N-dealkylation sites (N-methyl/N-ethyl adjacent to an activating group) is 1. The first-order valence-corrected chi connectivity index (χ1v) is 6.82. The van der Waals surface area contributed by atoms with Crippen molar-refractivity contribution in [1.82, 2.24) is 10.2 Å². The van der Waals surface area contributed by atoms with Gasteiger partial charge in [-0.25, -0.2) is 4.39 Å². The van der Waals surface area contributed by atoms with Crippen LogP contribution < -0.4 is 5.32 Å². The summed E-state index contributed by atoms with van der Waals surface area (Å²) in [7, 11) is 1.97. The van der Waals surface area contributed by atoms with Crippen LogP contribution in [0.3, 0.4) is 0 Å². The summed E-state index contributed by atoms with van der Waals surface area (Å²) in [5, 5.41) is 3.88. The maximum Gasteiger partial charge on any atom is 0.126 e. The molecule has 1 saturated heterocycles. The summed E-state index contributed by atoms with van der Waals surface area (Å²) >= 11 is 6.20. The van der Waals surface area contributed by atoms with Crippen molar-refractivity contribution in [1.29, 1.82) is 0 Å². The predicted molar refractivity (Wildman–Crippen MR) is 73.5 cm³/mol. The summed E-state index contributed by atoms with van der Waals surface area (Å²) in [4.78, 5) is 2.38. The van der Waals surface area contributed by atoms with Crippen molar-refractivity contribution in [2.24, 2.45) is 0 Å². The van der Waals surface area contributed by atoms with E-state index in [4.69, 9.17) is 11.6 Å². The van der Waals surface area contributed by atoms with Crippen molar-refractivity contribution in [2.45, 2.75) is 32.4 Å². The lowest BCUT2D eigenvalue weighted by molar-refractivity contribution is 0.242. The van der Waals surface area contributed by atoms with Gasteiger partial charge in [0.05, 0.1) is 0 Å². The summed E-state index contributed by atoms with van der Waals surface area (Å²) < 4.78 is 13.6. The maximum absolute atomic E-state index is 13.6. The first-order valence-electron chi connectivity index (χ1n) is 6.45. The van der Waals surface area contributed by atoms with Gasteiger partial charge in [0.1, 0.15) is 5.82 Å². The summed E-state index contributed by atoms with van der Waals surface area (Å²) in [6, 6.07) is 3.83. The van der Waals surface area contributed by atoms with E-state index in [-0.39, 0.29) is 5.82 Å². The molecule has 4 heteroatoms. The molecule has 0 spiro atoms. The summed E-state index contributed by atoms with van der Waals surface area (Å²) in [6.07, 6.45) is 2.41. The van der Waals surface area contributed by atoms with Crippen LogP contribution in [0, 0.1) is 12.7 Å². The van der Waals surface area contributed by atoms with Crippen LogP contribution in [-0.2, 0) is 6.54 Å². The van der Waals surface area contributed by atoms with Crippen LogP contribution in [0.2, 0.25) is 5.02 Å². The Morgan fingerprint density at radius 2 is 2.28 bits per heavy atom. The largest absolute Gasteiger partial charge is 0.318 e. The lowest BCUT2D eigenvalue weighted by Gasteiger charge is -2.24. The molecule has 18 heavy (non-hydrogen) atoms. The number of nitrogens with one attached hydrogen (secondary N) is 1. The van der Waals surface area contributed by atoms with Crippen molar-refractivity contribution < 1.29 is 4.39 Å². The molecule has 1 aliphatic rings. The van der Waals surface area contributed by atoms with Gasteiger partial charge in [0.2, 0.25) is 0 Å². The van der Waals surface area contributed by atoms with Crippen LogP contribution in [0.15, 0.2) is 12.1 Å². The zero-order chi connectivity index (χ0) is 13.1. The molecule has 0 radical (unpaired) electrons. The number of rotatable bonds is 4. The molecule has 1 heterocycles. The monoisotopic (exact) mass is 270 g/mol. The molecular weight excluding hydrogens is 251 g/mol. The molecule has 0 aromatic heterocycles. The van der Waals surface area contributed by atoms with E-state index in [9.17, 15) is 4.39 Å². The van der Waals surface area contributed by atoms with Crippen LogP contribution in [0.1, 0.15) is 24.0 Å². The van der Waals surface area contributed by atoms with Gasteiger partial charge in [-0.15, -0.1) is 0 Å². The molecule has 1 N–H and O–H groups in total. The fourth-order valence-electron chi connectivity index (χ4n) is 2.60. The molecule has 1 aromatic carbocycles. The van der Waals surface area contributed by atoms with Gasteiger partial charge in [-0.1, -0.05) is 11.6 Å². The van der Waals surface area contributed by atoms with Crippen molar-refractivity contribution in [3.8, 4) is 0 Å². The topological polar surface area (TPSA) is 15.3 Å². The van der Waals surface area contributed by atoms with Gasteiger partial charge in [0.25, 0.3) is 0 Å². The number of nitrogens with zero attached hydrogens (tertiary/aromatic N) is 1. The smallest absolute Gasteiger partial charge is 0.126 e. The Labute approximate surface area is 113 Å². The van der Waals surface area contributed by atoms with E-state index in [0.717, 1.165) is 25.2 Å². The third-order valence-electron chi connectivity index (χ3n) is 3.64. The van der Waals surface area contributed by atoms with Crippen LogP contribution in [0.4, 0.5) is 4.39 Å². The van der Waals surface area contributed by atoms with Crippen LogP contribution >= 0.6 is 11.6 Å². The average Bonchev–Trinajstić information content (AvgIpc) is 2.74. The average molecular weight is 271 g/mol. The normalized spacial score (nSPS) is 20.6. The lowest BCUT2D eigenvalue weighted by atomic mass is 10.1. The molecule has 100 valence electrons. The summed E-state index contributed by atoms with van der Waals surface area (Å²) in [6.45, 7) is 4.52. The van der Waals surface area contributed by atoms with Gasteiger partial charge in [0.15, 0.2) is 0 Å². The predicted octanol–water partition coefficient (Wildman–Crippen LogP) is 2.97. The highest BCUT2D eigenvalue weighted by Crippen LogP contribution is 2.25. The van der Waals surface area contributed by atoms with Crippen molar-refractivity contribution >= 4 is 11.6 Å². The minimum Gasteiger partial charge on any atom is -0.318 e. The maximum atomic E-state index is 13.6. The molecule has 0 saturated carbocycles. The molecule has 1 aromatic rings. The fraction of sp³-hybridized carbons (Fsp3) is 0.571. The third-order valence-corrected chi connectivity index (χ3v) is 3.99. The van der Waals surface area contributed by atoms with Crippen molar-refractivity contribution in [2.75, 3.05) is 20.1 Å². The second-order valence-electron chi connectivity index (χ2n) is 5.02. The zero-order valence-electron chi connectivity index (χ0n) is 11.0. The number of aryl methyl sites for hydroxylation is 1. The van der Waals surface area contributed by atoms with Gasteiger partial charge in [0, 0.05) is 24.2 Å². The van der Waals surface area contributed by atoms with Gasteiger partial charge >= 0.3 is 0 Å². The lowest BCUT2D eigenvalue weighted by Crippen LogP contribution is -2.36. The van der Waals surface area contributed by atoms with Gasteiger partial charge in [-0.3, -0.25) is 4.90 Å². The molecule has 2 nitrogen and oxygen atoms in total. The van der Waals surface area contributed by atoms with Gasteiger partial charge in [-0.2, -0.15) is 0 Å². The highest BCUT2D eigenvalue weighted by Gasteiger charge is 2.24. The number of hydrogen-bond donors (Lipinski definition) is 1. The molecule has 0 bridgehead atoms. The Balaban J connectivity index is 2.11. The number of halogens is 2. The molecule has 1 unspecified atom stereocenters. The molecule has 0 amide bonds. The van der Waals surface area contributed by atoms with Crippen LogP contribution in [0.25, 0.3) is 0 Å². The highest BCUT2D eigenvalue weighted by molar-refractivity contribution is 6.31. The SMILES string of the molecule is CNCC1CCCN1Cc1cc(F)c(C)cc1Cl. The van der Waals surface area contributed by atoms with E-state index in [1.54, 1.807) is 19.1 Å². The number of likely N-dealkylation sites (tertiary alicyclic amines) is 1. The molecule has 1 aliphatic heterocycles. The number of benzene rings is 1. The first kappa shape index (κ1) is 13.8. The number of hydrogen-bond acceptors (Lipinski definition) is 2. The Hall–Kier alpha value is -0.640. The minimum absolute atomic E-state index is 0.168. The Morgan fingerprint density at radius 3 is 3.00 bits per heavy atom. The van der Waals surface area contributed by atoms with Gasteiger partial charge in [-0.05, 0) is 56.6 Å². The first-order chi connectivity index (χ1) is 8.61. The van der Waals surface area contributed by atoms with E-state index < -0.39 is 0 Å². The summed E-state index contributed by atoms with van der Waals surface area (Å²) in [5.41, 5.74) is 1.50. The van der Waals surface area contributed by atoms with Gasteiger partial charge < -0.3 is 5.32 Å². The second kappa shape index (κ2) is 6.00. The second-order valence-corrected chi connectivity index (χ2v) is 5.42. The highest BCUT2D eigenvalue weighted by atomic mass is 35.5. The van der Waals surface area contributed by atoms with Crippen LogP contribution in [-0.4, -0.2) is 31.1 Å². The standard InChI is InChI=1S/C14H20ClFN2/c1-10-6-13(15)11(7-14(10)16)9-18-5-3-4-12(18)8-17-2/h6-7,12,17H,3-5,8-9H2,1-2H3. The van der Waals surface area contributed by atoms with E-state index in [1.807, 2.05) is 7.05 Å².